The Kier molecular flexibility index (Phi) is 7.55. The van der Waals surface area contributed by atoms with Crippen LogP contribution < -0.4 is 16.0 Å². The van der Waals surface area contributed by atoms with Crippen LogP contribution >= 0.6 is 23.2 Å². The van der Waals surface area contributed by atoms with Gasteiger partial charge in [-0.25, -0.2) is 14.8 Å². The maximum atomic E-state index is 13.4. The number of rotatable bonds is 8. The maximum absolute atomic E-state index is 13.4. The minimum Gasteiger partial charge on any atom is -0.374 e. The van der Waals surface area contributed by atoms with Crippen molar-refractivity contribution in [2.45, 2.75) is 18.2 Å². The highest BCUT2D eigenvalue weighted by atomic mass is 35.5. The number of urea groups is 1. The molecule has 0 bridgehead atoms. The molecule has 0 fully saturated rings. The number of aryl methyl sites for hydroxylation is 1. The van der Waals surface area contributed by atoms with E-state index in [0.29, 0.717) is 15.9 Å². The number of amides is 2. The molecular weight excluding hydrogens is 436 g/mol. The summed E-state index contributed by atoms with van der Waals surface area (Å²) in [5, 5.41) is 18.5. The minimum atomic E-state index is -4.96. The van der Waals surface area contributed by atoms with Crippen molar-refractivity contribution in [2.24, 2.45) is 7.05 Å². The van der Waals surface area contributed by atoms with Gasteiger partial charge in [0.2, 0.25) is 5.60 Å². The van der Waals surface area contributed by atoms with Crippen LogP contribution in [-0.2, 0) is 12.6 Å². The van der Waals surface area contributed by atoms with E-state index in [1.165, 1.54) is 25.5 Å². The van der Waals surface area contributed by atoms with Crippen molar-refractivity contribution in [1.29, 1.82) is 0 Å². The summed E-state index contributed by atoms with van der Waals surface area (Å²) in [6, 6.07) is 0.813. The van der Waals surface area contributed by atoms with E-state index < -0.39 is 36.6 Å². The lowest BCUT2D eigenvalue weighted by Crippen LogP contribution is -2.47. The van der Waals surface area contributed by atoms with E-state index in [1.807, 2.05) is 0 Å². The smallest absolute Gasteiger partial charge is 0.374 e. The second-order valence-corrected chi connectivity index (χ2v) is 6.91. The topological polar surface area (TPSA) is 104 Å². The van der Waals surface area contributed by atoms with Crippen LogP contribution in [0.3, 0.4) is 0 Å². The van der Waals surface area contributed by atoms with Crippen LogP contribution in [0, 0.1) is 0 Å². The van der Waals surface area contributed by atoms with Gasteiger partial charge in [-0.2, -0.15) is 13.2 Å². The molecule has 0 aliphatic rings. The zero-order valence-electron chi connectivity index (χ0n) is 15.2. The molecule has 0 radical (unpaired) electrons. The van der Waals surface area contributed by atoms with Gasteiger partial charge in [-0.3, -0.25) is 0 Å². The number of alkyl halides is 3. The lowest BCUT2D eigenvalue weighted by molar-refractivity contribution is -0.272. The Bertz CT molecular complexity index is 848. The molecule has 2 aromatic heterocycles. The van der Waals surface area contributed by atoms with Crippen LogP contribution in [0.4, 0.5) is 23.8 Å². The monoisotopic (exact) mass is 454 g/mol. The average Bonchev–Trinajstić information content (AvgIpc) is 3.05. The number of hydrogen-bond acceptors (Lipinski definition) is 5. The molecular formula is C16H19Cl2F3N6O2. The van der Waals surface area contributed by atoms with Gasteiger partial charge in [-0.15, -0.1) is 0 Å². The molecule has 0 saturated carbocycles. The minimum absolute atomic E-state index is 0.148. The number of carbonyl (C=O) groups is 1. The third-order valence-electron chi connectivity index (χ3n) is 3.94. The van der Waals surface area contributed by atoms with Gasteiger partial charge in [0, 0.05) is 51.7 Å². The molecule has 4 N–H and O–H groups in total. The summed E-state index contributed by atoms with van der Waals surface area (Å²) in [5.41, 5.74) is -3.18. The molecule has 160 valence electrons. The number of imidazole rings is 1. The zero-order valence-corrected chi connectivity index (χ0v) is 16.7. The quantitative estimate of drug-likeness (QED) is 0.459. The van der Waals surface area contributed by atoms with E-state index in [-0.39, 0.29) is 13.1 Å². The summed E-state index contributed by atoms with van der Waals surface area (Å²) in [6.45, 7) is -0.0103. The predicted molar refractivity (Wildman–Crippen MR) is 102 cm³/mol. The number of carbonyl (C=O) groups excluding carboxylic acids is 1. The fourth-order valence-corrected chi connectivity index (χ4v) is 2.91. The third kappa shape index (κ3) is 5.87. The second kappa shape index (κ2) is 9.51. The van der Waals surface area contributed by atoms with Gasteiger partial charge in [-0.1, -0.05) is 23.2 Å². The van der Waals surface area contributed by atoms with E-state index in [4.69, 9.17) is 23.2 Å². The Labute approximate surface area is 174 Å². The van der Waals surface area contributed by atoms with Crippen molar-refractivity contribution in [3.05, 3.63) is 40.5 Å². The average molecular weight is 455 g/mol. The van der Waals surface area contributed by atoms with E-state index in [0.717, 1.165) is 10.8 Å². The molecule has 1 unspecified atom stereocenters. The highest BCUT2D eigenvalue weighted by Gasteiger charge is 2.57. The first-order valence-electron chi connectivity index (χ1n) is 8.38. The summed E-state index contributed by atoms with van der Waals surface area (Å²) in [7, 11) is 1.34. The second-order valence-electron chi connectivity index (χ2n) is 6.06. The van der Waals surface area contributed by atoms with Gasteiger partial charge in [0.05, 0.1) is 10.0 Å². The van der Waals surface area contributed by atoms with Crippen LogP contribution in [0.15, 0.2) is 24.7 Å². The van der Waals surface area contributed by atoms with E-state index in [2.05, 4.69) is 25.9 Å². The highest BCUT2D eigenvalue weighted by molar-refractivity contribution is 6.35. The number of anilines is 1. The number of aliphatic hydroxyl groups is 1. The predicted octanol–water partition coefficient (Wildman–Crippen LogP) is 2.67. The lowest BCUT2D eigenvalue weighted by atomic mass is 9.97. The molecule has 13 heteroatoms. The number of nitrogens with zero attached hydrogens (tertiary/aromatic N) is 3. The van der Waals surface area contributed by atoms with Crippen LogP contribution in [0.2, 0.25) is 10.0 Å². The van der Waals surface area contributed by atoms with E-state index in [1.54, 1.807) is 0 Å². The zero-order chi connectivity index (χ0) is 21.7. The Morgan fingerprint density at radius 1 is 1.21 bits per heavy atom. The van der Waals surface area contributed by atoms with Crippen LogP contribution in [-0.4, -0.2) is 51.5 Å². The Balaban J connectivity index is 1.79. The Hall–Kier alpha value is -2.24. The van der Waals surface area contributed by atoms with Gasteiger partial charge >= 0.3 is 12.2 Å². The molecule has 0 aliphatic heterocycles. The standard InChI is InChI=1S/C16H19Cl2F3N6O2/c1-27-7-6-23-13(27)15(29,16(19,20)21)2-3-24-14(28)25-5-4-22-12-11(18)8-10(17)9-26-12/h6-9,29H,2-5H2,1H3,(H,22,26)(H2,24,25,28). The number of hydrogen-bond donors (Lipinski definition) is 4. The van der Waals surface area contributed by atoms with Crippen molar-refractivity contribution in [3.8, 4) is 0 Å². The number of pyridine rings is 1. The first-order chi connectivity index (χ1) is 13.5. The molecule has 2 heterocycles. The number of nitrogens with one attached hydrogen (secondary N) is 3. The SMILES string of the molecule is Cn1ccnc1C(O)(CCNC(=O)NCCNc1ncc(Cl)cc1Cl)C(F)(F)F. The maximum Gasteiger partial charge on any atom is 0.424 e. The fourth-order valence-electron chi connectivity index (χ4n) is 2.47. The molecule has 0 saturated heterocycles. The van der Waals surface area contributed by atoms with Gasteiger partial charge in [0.15, 0.2) is 0 Å². The molecule has 0 spiro atoms. The third-order valence-corrected chi connectivity index (χ3v) is 4.44. The Morgan fingerprint density at radius 2 is 1.90 bits per heavy atom. The molecule has 2 aromatic rings. The van der Waals surface area contributed by atoms with Crippen molar-refractivity contribution in [2.75, 3.05) is 25.0 Å². The van der Waals surface area contributed by atoms with E-state index >= 15 is 0 Å². The Morgan fingerprint density at radius 3 is 2.48 bits per heavy atom. The normalized spacial score (nSPS) is 13.6. The van der Waals surface area contributed by atoms with Crippen molar-refractivity contribution >= 4 is 35.1 Å². The van der Waals surface area contributed by atoms with Crippen molar-refractivity contribution < 1.29 is 23.1 Å². The van der Waals surface area contributed by atoms with Gasteiger partial charge in [0.1, 0.15) is 11.6 Å². The summed E-state index contributed by atoms with van der Waals surface area (Å²) in [6.07, 6.45) is -1.91. The van der Waals surface area contributed by atoms with Crippen LogP contribution in [0.1, 0.15) is 12.2 Å². The van der Waals surface area contributed by atoms with Crippen LogP contribution in [0.25, 0.3) is 0 Å². The molecule has 2 amide bonds. The molecule has 0 aromatic carbocycles. The van der Waals surface area contributed by atoms with Crippen molar-refractivity contribution in [3.63, 3.8) is 0 Å². The first kappa shape index (κ1) is 23.0. The number of halogens is 5. The summed E-state index contributed by atoms with van der Waals surface area (Å²) < 4.78 is 41.2. The van der Waals surface area contributed by atoms with Gasteiger partial charge in [0.25, 0.3) is 0 Å². The highest BCUT2D eigenvalue weighted by Crippen LogP contribution is 2.40. The molecule has 2 rings (SSSR count). The lowest BCUT2D eigenvalue weighted by Gasteiger charge is -2.29. The van der Waals surface area contributed by atoms with Crippen molar-refractivity contribution in [1.82, 2.24) is 25.2 Å². The molecule has 0 aliphatic carbocycles. The van der Waals surface area contributed by atoms with Gasteiger partial charge < -0.3 is 25.6 Å². The van der Waals surface area contributed by atoms with Gasteiger partial charge in [-0.05, 0) is 6.07 Å². The van der Waals surface area contributed by atoms with E-state index in [9.17, 15) is 23.1 Å². The summed E-state index contributed by atoms with van der Waals surface area (Å²) in [4.78, 5) is 19.3. The van der Waals surface area contributed by atoms with Crippen LogP contribution in [0.5, 0.6) is 0 Å². The largest absolute Gasteiger partial charge is 0.424 e. The first-order valence-corrected chi connectivity index (χ1v) is 9.13. The number of aromatic nitrogens is 3. The molecule has 29 heavy (non-hydrogen) atoms. The summed E-state index contributed by atoms with van der Waals surface area (Å²) in [5.74, 6) is -0.174. The molecule has 8 nitrogen and oxygen atoms in total. The fraction of sp³-hybridized carbons (Fsp3) is 0.438. The molecule has 1 atom stereocenters. The summed E-state index contributed by atoms with van der Waals surface area (Å²) >= 11 is 11.7.